The first-order chi connectivity index (χ1) is 14.4. The Morgan fingerprint density at radius 1 is 0.828 bits per heavy atom. The molecule has 0 aliphatic carbocycles. The van der Waals surface area contributed by atoms with Crippen LogP contribution in [0.5, 0.6) is 5.75 Å². The Kier molecular flexibility index (Phi) is 4.82. The molecule has 0 saturated carbocycles. The Labute approximate surface area is 171 Å². The molecule has 2 heterocycles. The Hall–Kier alpha value is -3.04. The van der Waals surface area contributed by atoms with Gasteiger partial charge in [0.1, 0.15) is 5.75 Å². The van der Waals surface area contributed by atoms with Crippen LogP contribution in [0.15, 0.2) is 78.9 Å². The summed E-state index contributed by atoms with van der Waals surface area (Å²) in [6.07, 6.45) is 2.49. The maximum Gasteiger partial charge on any atom is 0.123 e. The quantitative estimate of drug-likeness (QED) is 0.456. The van der Waals surface area contributed by atoms with Gasteiger partial charge in [0.25, 0.3) is 0 Å². The Balaban J connectivity index is 1.80. The molecule has 1 aliphatic heterocycles. The lowest BCUT2D eigenvalue weighted by atomic mass is 9.92. The maximum atomic E-state index is 5.80. The number of fused-ring (bicyclic) bond motifs is 1. The predicted molar refractivity (Wildman–Crippen MR) is 119 cm³/mol. The van der Waals surface area contributed by atoms with Crippen molar-refractivity contribution in [1.29, 1.82) is 0 Å². The average molecular weight is 383 g/mol. The molecule has 3 aromatic carbocycles. The molecule has 1 fully saturated rings. The van der Waals surface area contributed by atoms with Crippen molar-refractivity contribution in [1.82, 2.24) is 9.88 Å². The summed E-state index contributed by atoms with van der Waals surface area (Å²) in [7, 11) is 1.77. The summed E-state index contributed by atoms with van der Waals surface area (Å²) in [5.74, 6) is 0.952. The van der Waals surface area contributed by atoms with Gasteiger partial charge in [0.2, 0.25) is 0 Å². The summed E-state index contributed by atoms with van der Waals surface area (Å²) in [6.45, 7) is 2.22. The number of H-pyrrole nitrogens is 1. The van der Waals surface area contributed by atoms with Crippen LogP contribution < -0.4 is 4.74 Å². The number of ether oxygens (including phenoxy) is 1. The molecule has 1 aromatic heterocycles. The van der Waals surface area contributed by atoms with E-state index in [4.69, 9.17) is 4.74 Å². The fourth-order valence-corrected chi connectivity index (χ4v) is 4.71. The number of aromatic nitrogens is 1. The normalized spacial score (nSPS) is 15.6. The first-order valence-electron chi connectivity index (χ1n) is 10.4. The molecule has 4 aromatic rings. The molecule has 1 N–H and O–H groups in total. The minimum Gasteiger partial charge on any atom is -0.496 e. The van der Waals surface area contributed by atoms with Crippen LogP contribution in [0, 0.1) is 0 Å². The van der Waals surface area contributed by atoms with Gasteiger partial charge < -0.3 is 9.72 Å². The van der Waals surface area contributed by atoms with Gasteiger partial charge >= 0.3 is 0 Å². The highest BCUT2D eigenvalue weighted by atomic mass is 16.5. The number of likely N-dealkylation sites (tertiary alicyclic amines) is 1. The second-order valence-electron chi connectivity index (χ2n) is 7.71. The van der Waals surface area contributed by atoms with Crippen LogP contribution in [-0.2, 0) is 0 Å². The number of nitrogens with one attached hydrogen (secondary N) is 1. The first kappa shape index (κ1) is 18.0. The number of hydrogen-bond acceptors (Lipinski definition) is 2. The van der Waals surface area contributed by atoms with Gasteiger partial charge in [0.15, 0.2) is 0 Å². The molecule has 3 nitrogen and oxygen atoms in total. The summed E-state index contributed by atoms with van der Waals surface area (Å²) in [5, 5.41) is 1.29. The van der Waals surface area contributed by atoms with E-state index in [0.717, 1.165) is 18.8 Å². The molecule has 5 rings (SSSR count). The standard InChI is InChI=1S/C26H26N2O/c1-29-23-16-8-6-14-21(23)26(28-17-9-10-18-28)24-20-13-5-7-15-22(20)27-25(24)19-11-3-2-4-12-19/h2-8,11-16,26-27H,9-10,17-18H2,1H3. The van der Waals surface area contributed by atoms with Crippen molar-refractivity contribution >= 4 is 10.9 Å². The van der Waals surface area contributed by atoms with Gasteiger partial charge in [-0.1, -0.05) is 66.7 Å². The number of nitrogens with zero attached hydrogens (tertiary/aromatic N) is 1. The van der Waals surface area contributed by atoms with Gasteiger partial charge in [-0.05, 0) is 43.6 Å². The van der Waals surface area contributed by atoms with E-state index in [1.54, 1.807) is 7.11 Å². The molecule has 1 unspecified atom stereocenters. The zero-order valence-electron chi connectivity index (χ0n) is 16.8. The van der Waals surface area contributed by atoms with E-state index in [-0.39, 0.29) is 6.04 Å². The zero-order valence-corrected chi connectivity index (χ0v) is 16.8. The lowest BCUT2D eigenvalue weighted by Gasteiger charge is -2.30. The molecule has 1 aliphatic rings. The highest BCUT2D eigenvalue weighted by molar-refractivity contribution is 5.92. The third kappa shape index (κ3) is 3.22. The largest absolute Gasteiger partial charge is 0.496 e. The number of rotatable bonds is 5. The van der Waals surface area contributed by atoms with Gasteiger partial charge in [-0.15, -0.1) is 0 Å². The van der Waals surface area contributed by atoms with E-state index >= 15 is 0 Å². The fourth-order valence-electron chi connectivity index (χ4n) is 4.71. The van der Waals surface area contributed by atoms with E-state index < -0.39 is 0 Å². The molecule has 1 atom stereocenters. The first-order valence-corrected chi connectivity index (χ1v) is 10.4. The number of methoxy groups -OCH3 is 1. The lowest BCUT2D eigenvalue weighted by molar-refractivity contribution is 0.275. The van der Waals surface area contributed by atoms with Gasteiger partial charge in [-0.3, -0.25) is 4.90 Å². The second kappa shape index (κ2) is 7.76. The van der Waals surface area contributed by atoms with Crippen molar-refractivity contribution < 1.29 is 4.74 Å². The topological polar surface area (TPSA) is 28.3 Å². The van der Waals surface area contributed by atoms with Gasteiger partial charge in [0, 0.05) is 22.0 Å². The zero-order chi connectivity index (χ0) is 19.6. The van der Waals surface area contributed by atoms with Crippen molar-refractivity contribution in [2.75, 3.05) is 20.2 Å². The molecule has 3 heteroatoms. The van der Waals surface area contributed by atoms with Gasteiger partial charge in [-0.2, -0.15) is 0 Å². The second-order valence-corrected chi connectivity index (χ2v) is 7.71. The van der Waals surface area contributed by atoms with Crippen LogP contribution in [0.4, 0.5) is 0 Å². The molecule has 0 bridgehead atoms. The Morgan fingerprint density at radius 2 is 1.52 bits per heavy atom. The summed E-state index contributed by atoms with van der Waals surface area (Å²) in [5.41, 5.74) is 6.19. The third-order valence-electron chi connectivity index (χ3n) is 6.02. The van der Waals surface area contributed by atoms with Crippen molar-refractivity contribution in [2.45, 2.75) is 18.9 Å². The summed E-state index contributed by atoms with van der Waals surface area (Å²) in [4.78, 5) is 6.34. The molecule has 0 radical (unpaired) electrons. The fraction of sp³-hybridized carbons (Fsp3) is 0.231. The van der Waals surface area contributed by atoms with E-state index in [1.807, 2.05) is 0 Å². The van der Waals surface area contributed by atoms with Crippen LogP contribution in [-0.4, -0.2) is 30.1 Å². The van der Waals surface area contributed by atoms with Crippen molar-refractivity contribution in [3.63, 3.8) is 0 Å². The van der Waals surface area contributed by atoms with Gasteiger partial charge in [0.05, 0.1) is 18.8 Å². The molecule has 0 spiro atoms. The van der Waals surface area contributed by atoms with E-state index in [1.165, 1.54) is 46.1 Å². The van der Waals surface area contributed by atoms with Crippen LogP contribution in [0.1, 0.15) is 30.0 Å². The molecule has 0 amide bonds. The minimum absolute atomic E-state index is 0.153. The average Bonchev–Trinajstić information content (AvgIpc) is 3.44. The van der Waals surface area contributed by atoms with Crippen molar-refractivity contribution in [3.8, 4) is 17.0 Å². The van der Waals surface area contributed by atoms with Crippen molar-refractivity contribution in [3.05, 3.63) is 90.0 Å². The molecular weight excluding hydrogens is 356 g/mol. The predicted octanol–water partition coefficient (Wildman–Crippen LogP) is 6.03. The lowest BCUT2D eigenvalue weighted by Crippen LogP contribution is -2.27. The third-order valence-corrected chi connectivity index (χ3v) is 6.02. The number of benzene rings is 3. The summed E-state index contributed by atoms with van der Waals surface area (Å²) in [6, 6.07) is 28.0. The molecule has 146 valence electrons. The summed E-state index contributed by atoms with van der Waals surface area (Å²) >= 11 is 0. The highest BCUT2D eigenvalue weighted by Crippen LogP contribution is 2.44. The monoisotopic (exact) mass is 382 g/mol. The highest BCUT2D eigenvalue weighted by Gasteiger charge is 2.31. The van der Waals surface area contributed by atoms with Crippen LogP contribution in [0.3, 0.4) is 0 Å². The molecule has 1 saturated heterocycles. The summed E-state index contributed by atoms with van der Waals surface area (Å²) < 4.78 is 5.80. The van der Waals surface area contributed by atoms with Crippen LogP contribution >= 0.6 is 0 Å². The molecule has 29 heavy (non-hydrogen) atoms. The number of hydrogen-bond donors (Lipinski definition) is 1. The Morgan fingerprint density at radius 3 is 2.31 bits per heavy atom. The SMILES string of the molecule is COc1ccccc1C(c1c(-c2ccccc2)[nH]c2ccccc12)N1CCCC1. The van der Waals surface area contributed by atoms with E-state index in [0.29, 0.717) is 0 Å². The maximum absolute atomic E-state index is 5.80. The Bertz CT molecular complexity index is 1110. The number of aromatic amines is 1. The van der Waals surface area contributed by atoms with E-state index in [2.05, 4.69) is 88.7 Å². The smallest absolute Gasteiger partial charge is 0.123 e. The number of para-hydroxylation sites is 2. The van der Waals surface area contributed by atoms with Crippen LogP contribution in [0.25, 0.3) is 22.2 Å². The van der Waals surface area contributed by atoms with Crippen molar-refractivity contribution in [2.24, 2.45) is 0 Å². The van der Waals surface area contributed by atoms with Crippen LogP contribution in [0.2, 0.25) is 0 Å². The minimum atomic E-state index is 0.153. The molecular formula is C26H26N2O. The van der Waals surface area contributed by atoms with E-state index in [9.17, 15) is 0 Å². The van der Waals surface area contributed by atoms with Gasteiger partial charge in [-0.25, -0.2) is 0 Å².